The molecule has 0 aromatic heterocycles. The summed E-state index contributed by atoms with van der Waals surface area (Å²) in [6.45, 7) is 7.57. The molecule has 0 radical (unpaired) electrons. The first kappa shape index (κ1) is 17.5. The molecule has 1 aliphatic heterocycles. The molecular weight excluding hydrogens is 298 g/mol. The average molecular weight is 329 g/mol. The number of nitrogens with zero attached hydrogens (tertiary/aromatic N) is 1. The summed E-state index contributed by atoms with van der Waals surface area (Å²) in [6, 6.07) is 8.51. The van der Waals surface area contributed by atoms with Gasteiger partial charge in [-0.05, 0) is 37.2 Å². The Balaban J connectivity index is 1.73. The Morgan fingerprint density at radius 1 is 1.25 bits per heavy atom. The number of amides is 1. The average Bonchev–Trinajstić information content (AvgIpc) is 3.16. The third-order valence-corrected chi connectivity index (χ3v) is 6.63. The van der Waals surface area contributed by atoms with Crippen LogP contribution in [0.5, 0.6) is 0 Å². The summed E-state index contributed by atoms with van der Waals surface area (Å²) < 4.78 is 0. The first-order valence-electron chi connectivity index (χ1n) is 9.44. The van der Waals surface area contributed by atoms with Gasteiger partial charge in [0.1, 0.15) is 0 Å². The van der Waals surface area contributed by atoms with Crippen LogP contribution in [0, 0.1) is 12.3 Å². The lowest BCUT2D eigenvalue weighted by molar-refractivity contribution is -0.137. The summed E-state index contributed by atoms with van der Waals surface area (Å²) in [5.41, 5.74) is 1.67. The predicted octanol–water partition coefficient (Wildman–Crippen LogP) is 4.03. The van der Waals surface area contributed by atoms with Gasteiger partial charge < -0.3 is 10.0 Å². The number of hydrogen-bond acceptors (Lipinski definition) is 2. The first-order valence-corrected chi connectivity index (χ1v) is 9.44. The van der Waals surface area contributed by atoms with Gasteiger partial charge in [-0.2, -0.15) is 0 Å². The SMILES string of the molecule is CC[C@@](O)(CN1C[C@H](c2ccc(C)cc2)CC1=O)C1(C)CCCC1. The van der Waals surface area contributed by atoms with Gasteiger partial charge in [-0.25, -0.2) is 0 Å². The van der Waals surface area contributed by atoms with Gasteiger partial charge in [0.15, 0.2) is 0 Å². The van der Waals surface area contributed by atoms with Crippen LogP contribution in [0.3, 0.4) is 0 Å². The van der Waals surface area contributed by atoms with Crippen molar-refractivity contribution in [2.75, 3.05) is 13.1 Å². The quantitative estimate of drug-likeness (QED) is 0.886. The number of aliphatic hydroxyl groups is 1. The lowest BCUT2D eigenvalue weighted by Gasteiger charge is -2.44. The molecule has 2 fully saturated rings. The summed E-state index contributed by atoms with van der Waals surface area (Å²) in [5, 5.41) is 11.4. The van der Waals surface area contributed by atoms with Gasteiger partial charge in [0.05, 0.1) is 5.60 Å². The summed E-state index contributed by atoms with van der Waals surface area (Å²) in [7, 11) is 0. The highest BCUT2D eigenvalue weighted by molar-refractivity contribution is 5.80. The number of likely N-dealkylation sites (tertiary alicyclic amines) is 1. The molecule has 1 aromatic carbocycles. The van der Waals surface area contributed by atoms with E-state index in [-0.39, 0.29) is 17.2 Å². The Labute approximate surface area is 146 Å². The van der Waals surface area contributed by atoms with Crippen molar-refractivity contribution in [1.82, 2.24) is 4.90 Å². The van der Waals surface area contributed by atoms with Crippen molar-refractivity contribution in [3.05, 3.63) is 35.4 Å². The minimum Gasteiger partial charge on any atom is -0.387 e. The van der Waals surface area contributed by atoms with Crippen molar-refractivity contribution in [2.24, 2.45) is 5.41 Å². The van der Waals surface area contributed by atoms with E-state index in [0.717, 1.165) is 19.4 Å². The number of rotatable bonds is 5. The molecule has 3 rings (SSSR count). The zero-order valence-electron chi connectivity index (χ0n) is 15.3. The van der Waals surface area contributed by atoms with E-state index in [0.29, 0.717) is 19.4 Å². The summed E-state index contributed by atoms with van der Waals surface area (Å²) in [6.07, 6.45) is 5.81. The van der Waals surface area contributed by atoms with Gasteiger partial charge >= 0.3 is 0 Å². The molecule has 132 valence electrons. The van der Waals surface area contributed by atoms with Crippen molar-refractivity contribution in [3.63, 3.8) is 0 Å². The largest absolute Gasteiger partial charge is 0.387 e. The normalized spacial score (nSPS) is 25.9. The highest BCUT2D eigenvalue weighted by Crippen LogP contribution is 2.48. The van der Waals surface area contributed by atoms with Crippen molar-refractivity contribution in [1.29, 1.82) is 0 Å². The number of β-amino-alcohol motifs (C(OH)–C–C–N with tert-alkyl or cyclic N) is 1. The lowest BCUT2D eigenvalue weighted by atomic mass is 9.70. The van der Waals surface area contributed by atoms with Crippen LogP contribution in [0.4, 0.5) is 0 Å². The fourth-order valence-corrected chi connectivity index (χ4v) is 4.65. The van der Waals surface area contributed by atoms with Crippen molar-refractivity contribution in [3.8, 4) is 0 Å². The maximum atomic E-state index is 12.6. The smallest absolute Gasteiger partial charge is 0.223 e. The maximum Gasteiger partial charge on any atom is 0.223 e. The second-order valence-corrected chi connectivity index (χ2v) is 8.24. The monoisotopic (exact) mass is 329 g/mol. The molecule has 24 heavy (non-hydrogen) atoms. The van der Waals surface area contributed by atoms with Gasteiger partial charge in [-0.3, -0.25) is 4.79 Å². The van der Waals surface area contributed by atoms with E-state index in [1.807, 2.05) is 4.90 Å². The number of benzene rings is 1. The van der Waals surface area contributed by atoms with Gasteiger partial charge in [0.25, 0.3) is 0 Å². The van der Waals surface area contributed by atoms with Crippen molar-refractivity contribution >= 4 is 5.91 Å². The van der Waals surface area contributed by atoms with Crippen LogP contribution in [0.15, 0.2) is 24.3 Å². The molecule has 1 saturated heterocycles. The lowest BCUT2D eigenvalue weighted by Crippen LogP contribution is -2.53. The second-order valence-electron chi connectivity index (χ2n) is 8.24. The Morgan fingerprint density at radius 2 is 1.88 bits per heavy atom. The van der Waals surface area contributed by atoms with E-state index < -0.39 is 5.60 Å². The molecule has 2 aliphatic rings. The van der Waals surface area contributed by atoms with Crippen LogP contribution in [-0.4, -0.2) is 34.6 Å². The Hall–Kier alpha value is -1.35. The van der Waals surface area contributed by atoms with Gasteiger partial charge in [-0.1, -0.05) is 56.5 Å². The van der Waals surface area contributed by atoms with E-state index in [1.54, 1.807) is 0 Å². The van der Waals surface area contributed by atoms with E-state index in [9.17, 15) is 9.90 Å². The number of carbonyl (C=O) groups excluding carboxylic acids is 1. The molecule has 1 N–H and O–H groups in total. The Kier molecular flexibility index (Phi) is 4.74. The second kappa shape index (κ2) is 6.51. The highest BCUT2D eigenvalue weighted by Gasteiger charge is 2.49. The van der Waals surface area contributed by atoms with Crippen molar-refractivity contribution < 1.29 is 9.90 Å². The van der Waals surface area contributed by atoms with Gasteiger partial charge in [0.2, 0.25) is 5.91 Å². The summed E-state index contributed by atoms with van der Waals surface area (Å²) >= 11 is 0. The molecular formula is C21H31NO2. The minimum atomic E-state index is -0.763. The summed E-state index contributed by atoms with van der Waals surface area (Å²) in [5.74, 6) is 0.449. The molecule has 1 saturated carbocycles. The zero-order valence-corrected chi connectivity index (χ0v) is 15.3. The fourth-order valence-electron chi connectivity index (χ4n) is 4.65. The minimum absolute atomic E-state index is 0.0516. The molecule has 3 nitrogen and oxygen atoms in total. The molecule has 0 spiro atoms. The molecule has 1 aromatic rings. The standard InChI is InChI=1S/C21H31NO2/c1-4-21(24,20(3)11-5-6-12-20)15-22-14-18(13-19(22)23)17-9-7-16(2)8-10-17/h7-10,18,24H,4-6,11-15H2,1-3H3/t18-,21-/m1/s1. The Morgan fingerprint density at radius 3 is 2.46 bits per heavy atom. The van der Waals surface area contributed by atoms with Crippen LogP contribution in [0.25, 0.3) is 0 Å². The molecule has 1 amide bonds. The highest BCUT2D eigenvalue weighted by atomic mass is 16.3. The van der Waals surface area contributed by atoms with Crippen LogP contribution >= 0.6 is 0 Å². The zero-order chi connectivity index (χ0) is 17.4. The third-order valence-electron chi connectivity index (χ3n) is 6.63. The van der Waals surface area contributed by atoms with Crippen LogP contribution in [-0.2, 0) is 4.79 Å². The number of aryl methyl sites for hydroxylation is 1. The topological polar surface area (TPSA) is 40.5 Å². The third kappa shape index (κ3) is 3.11. The molecule has 1 aliphatic carbocycles. The van der Waals surface area contributed by atoms with Crippen LogP contribution in [0.2, 0.25) is 0 Å². The van der Waals surface area contributed by atoms with Crippen LogP contribution in [0.1, 0.15) is 69.4 Å². The molecule has 0 bridgehead atoms. The number of hydrogen-bond donors (Lipinski definition) is 1. The van der Waals surface area contributed by atoms with Crippen molar-refractivity contribution in [2.45, 2.75) is 70.8 Å². The maximum absolute atomic E-state index is 12.6. The van der Waals surface area contributed by atoms with Gasteiger partial charge in [-0.15, -0.1) is 0 Å². The van der Waals surface area contributed by atoms with Gasteiger partial charge in [0, 0.05) is 25.4 Å². The van der Waals surface area contributed by atoms with Crippen LogP contribution < -0.4 is 0 Å². The Bertz CT molecular complexity index is 588. The molecule has 2 atom stereocenters. The van der Waals surface area contributed by atoms with E-state index in [4.69, 9.17) is 0 Å². The van der Waals surface area contributed by atoms with E-state index in [1.165, 1.54) is 24.0 Å². The first-order chi connectivity index (χ1) is 11.4. The predicted molar refractivity (Wildman–Crippen MR) is 96.9 cm³/mol. The van der Waals surface area contributed by atoms with E-state index in [2.05, 4.69) is 45.0 Å². The summed E-state index contributed by atoms with van der Waals surface area (Å²) in [4.78, 5) is 14.5. The molecule has 3 heteroatoms. The number of carbonyl (C=O) groups is 1. The fraction of sp³-hybridized carbons (Fsp3) is 0.667. The molecule has 0 unspecified atom stereocenters. The molecule has 1 heterocycles. The van der Waals surface area contributed by atoms with E-state index >= 15 is 0 Å².